The Hall–Kier alpha value is -10.7. The number of nitrogens with zero attached hydrogens (tertiary/aromatic N) is 12. The molecular weight excluding hydrogens is 1430 g/mol. The summed E-state index contributed by atoms with van der Waals surface area (Å²) in [4.78, 5) is 26.1. The molecule has 0 aliphatic rings. The average Bonchev–Trinajstić information content (AvgIpc) is 1.56. The van der Waals surface area contributed by atoms with Gasteiger partial charge in [-0.3, -0.25) is 19.9 Å². The number of hydrogen-bond donors (Lipinski definition) is 0. The third-order valence-electron chi connectivity index (χ3n) is 22.1. The number of pyridine rings is 4. The fourth-order valence-electron chi connectivity index (χ4n) is 15.6. The molecule has 0 spiro atoms. The maximum Gasteiger partial charge on any atom is 0.214 e. The van der Waals surface area contributed by atoms with Gasteiger partial charge in [-0.25, -0.2) is 0 Å². The van der Waals surface area contributed by atoms with Gasteiger partial charge in [0.2, 0.25) is 23.5 Å². The highest BCUT2D eigenvalue weighted by molar-refractivity contribution is 6.18. The first kappa shape index (κ1) is 89.3. The molecule has 0 amide bonds. The number of rotatable bonds is 52. The summed E-state index contributed by atoms with van der Waals surface area (Å²) in [5, 5.41) is 47.4. The first-order valence-corrected chi connectivity index (χ1v) is 44.3. The van der Waals surface area contributed by atoms with E-state index in [1.54, 1.807) is 49.6 Å². The molecule has 2 aromatic carbocycles. The molecule has 612 valence electrons. The van der Waals surface area contributed by atoms with E-state index in [4.69, 9.17) is 17.7 Å². The van der Waals surface area contributed by atoms with Crippen LogP contribution in [-0.2, 0) is 0 Å². The Bertz CT molecular complexity index is 4220. The Labute approximate surface area is 692 Å². The highest BCUT2D eigenvalue weighted by atomic mass is 16.4. The Morgan fingerprint density at radius 3 is 0.552 bits per heavy atom. The third kappa shape index (κ3) is 24.7. The molecule has 10 rings (SSSR count). The predicted molar refractivity (Wildman–Crippen MR) is 485 cm³/mol. The SMILES string of the molecule is CCCCCCN(CCCCCC)c1oc2c(/C=C/c3ccncc3)c3c(C#N)c(N(CCCCCC)CCCCCC)oc3c(/C=C/c3ccncc3)c2c1C#N.CCCCCCN(CCCCCC)c1oc2c(/C=C/c3ccncc3)c3c(C#N)c(N(CCCCCC)CCCCCC)oc3c(/C=C/c3ccncc3)c2c1C#N. The average molecular weight is 1560 g/mol. The summed E-state index contributed by atoms with van der Waals surface area (Å²) in [6, 6.07) is 26.1. The number of nitriles is 4. The maximum absolute atomic E-state index is 11.1. The minimum absolute atomic E-state index is 0.503. The van der Waals surface area contributed by atoms with Gasteiger partial charge in [0.15, 0.2) is 0 Å². The van der Waals surface area contributed by atoms with Crippen molar-refractivity contribution in [2.45, 2.75) is 261 Å². The zero-order valence-corrected chi connectivity index (χ0v) is 71.1. The van der Waals surface area contributed by atoms with Crippen molar-refractivity contribution >= 4 is 116 Å². The number of hydrogen-bond acceptors (Lipinski definition) is 16. The Morgan fingerprint density at radius 1 is 0.241 bits per heavy atom. The summed E-state index contributed by atoms with van der Waals surface area (Å²) in [5.74, 6) is 2.40. The molecule has 116 heavy (non-hydrogen) atoms. The molecule has 0 aliphatic carbocycles. The summed E-state index contributed by atoms with van der Waals surface area (Å²) in [5.41, 5.74) is 11.2. The van der Waals surface area contributed by atoms with Crippen molar-refractivity contribution in [3.8, 4) is 24.3 Å². The second kappa shape index (κ2) is 49.9. The van der Waals surface area contributed by atoms with E-state index in [0.29, 0.717) is 89.7 Å². The highest BCUT2D eigenvalue weighted by Crippen LogP contribution is 2.50. The molecule has 10 aromatic rings. The van der Waals surface area contributed by atoms with Crippen LogP contribution in [0.15, 0.2) is 116 Å². The van der Waals surface area contributed by atoms with E-state index in [1.807, 2.05) is 97.1 Å². The number of furan rings is 4. The molecule has 0 atom stereocenters. The van der Waals surface area contributed by atoms with E-state index < -0.39 is 0 Å². The summed E-state index contributed by atoms with van der Waals surface area (Å²) >= 11 is 0. The Balaban J connectivity index is 0.000000265. The first-order valence-electron chi connectivity index (χ1n) is 44.3. The van der Waals surface area contributed by atoms with E-state index >= 15 is 0 Å². The summed E-state index contributed by atoms with van der Waals surface area (Å²) in [6.45, 7) is 24.3. The van der Waals surface area contributed by atoms with Gasteiger partial charge in [0.05, 0.1) is 21.5 Å². The van der Waals surface area contributed by atoms with Crippen LogP contribution in [0.25, 0.3) is 92.5 Å². The van der Waals surface area contributed by atoms with Crippen LogP contribution in [0.2, 0.25) is 0 Å². The van der Waals surface area contributed by atoms with Gasteiger partial charge in [0, 0.05) is 124 Å². The first-order chi connectivity index (χ1) is 57.2. The van der Waals surface area contributed by atoms with Crippen molar-refractivity contribution < 1.29 is 17.7 Å². The fourth-order valence-corrected chi connectivity index (χ4v) is 15.6. The molecule has 16 heteroatoms. The number of benzene rings is 2. The fraction of sp³-hybridized carbons (Fsp3) is 0.480. The second-order valence-corrected chi connectivity index (χ2v) is 30.9. The van der Waals surface area contributed by atoms with Gasteiger partial charge in [-0.2, -0.15) is 21.0 Å². The minimum Gasteiger partial charge on any atom is -0.438 e. The Morgan fingerprint density at radius 2 is 0.405 bits per heavy atom. The largest absolute Gasteiger partial charge is 0.438 e. The number of unbranched alkanes of at least 4 members (excludes halogenated alkanes) is 24. The van der Waals surface area contributed by atoms with E-state index in [1.165, 1.54) is 51.4 Å². The van der Waals surface area contributed by atoms with E-state index in [0.717, 1.165) is 251 Å². The van der Waals surface area contributed by atoms with Crippen molar-refractivity contribution in [2.24, 2.45) is 0 Å². The van der Waals surface area contributed by atoms with Crippen molar-refractivity contribution in [3.05, 3.63) is 165 Å². The van der Waals surface area contributed by atoms with Crippen LogP contribution in [0.5, 0.6) is 0 Å². The molecule has 0 unspecified atom stereocenters. The summed E-state index contributed by atoms with van der Waals surface area (Å²) in [6.07, 6.45) is 66.2. The van der Waals surface area contributed by atoms with E-state index in [-0.39, 0.29) is 0 Å². The molecule has 0 fully saturated rings. The minimum atomic E-state index is 0.503. The van der Waals surface area contributed by atoms with Crippen LogP contribution in [-0.4, -0.2) is 72.3 Å². The van der Waals surface area contributed by atoms with Crippen LogP contribution < -0.4 is 19.6 Å². The Kier molecular flexibility index (Phi) is 38.4. The number of anilines is 4. The number of fused-ring (bicyclic) bond motifs is 4. The lowest BCUT2D eigenvalue weighted by Gasteiger charge is -2.22. The molecular formula is C100H128N12O4. The van der Waals surface area contributed by atoms with Gasteiger partial charge < -0.3 is 37.3 Å². The molecule has 0 N–H and O–H groups in total. The van der Waals surface area contributed by atoms with Crippen molar-refractivity contribution in [1.29, 1.82) is 21.0 Å². The van der Waals surface area contributed by atoms with E-state index in [2.05, 4.69) is 119 Å². The smallest absolute Gasteiger partial charge is 0.214 e. The molecule has 8 heterocycles. The van der Waals surface area contributed by atoms with Crippen LogP contribution in [0.4, 0.5) is 23.5 Å². The number of aromatic nitrogens is 4. The molecule has 0 aliphatic heterocycles. The van der Waals surface area contributed by atoms with Gasteiger partial charge in [-0.05, 0) is 146 Å². The van der Waals surface area contributed by atoms with Gasteiger partial charge in [-0.1, -0.05) is 234 Å². The highest BCUT2D eigenvalue weighted by Gasteiger charge is 2.34. The molecule has 8 aromatic heterocycles. The lowest BCUT2D eigenvalue weighted by Crippen LogP contribution is -2.26. The van der Waals surface area contributed by atoms with Gasteiger partial charge in [0.1, 0.15) is 68.9 Å². The zero-order valence-electron chi connectivity index (χ0n) is 71.1. The molecule has 0 saturated heterocycles. The van der Waals surface area contributed by atoms with Crippen LogP contribution >= 0.6 is 0 Å². The van der Waals surface area contributed by atoms with Crippen molar-refractivity contribution in [3.63, 3.8) is 0 Å². The zero-order chi connectivity index (χ0) is 81.9. The van der Waals surface area contributed by atoms with Gasteiger partial charge in [0.25, 0.3) is 0 Å². The molecule has 0 radical (unpaired) electrons. The van der Waals surface area contributed by atoms with Crippen LogP contribution in [0.1, 0.15) is 328 Å². The van der Waals surface area contributed by atoms with Crippen LogP contribution in [0, 0.1) is 45.3 Å². The van der Waals surface area contributed by atoms with E-state index in [9.17, 15) is 21.0 Å². The monoisotopic (exact) mass is 1560 g/mol. The van der Waals surface area contributed by atoms with Crippen LogP contribution in [0.3, 0.4) is 0 Å². The van der Waals surface area contributed by atoms with Gasteiger partial charge >= 0.3 is 0 Å². The lowest BCUT2D eigenvalue weighted by molar-refractivity contribution is 0.543. The lowest BCUT2D eigenvalue weighted by atomic mass is 9.95. The quantitative estimate of drug-likeness (QED) is 0.0324. The molecule has 16 nitrogen and oxygen atoms in total. The third-order valence-corrected chi connectivity index (χ3v) is 22.1. The van der Waals surface area contributed by atoms with Gasteiger partial charge in [-0.15, -0.1) is 0 Å². The van der Waals surface area contributed by atoms with Crippen molar-refractivity contribution in [1.82, 2.24) is 19.9 Å². The van der Waals surface area contributed by atoms with Crippen molar-refractivity contribution in [2.75, 3.05) is 72.0 Å². The normalized spacial score (nSPS) is 11.6. The summed E-state index contributed by atoms with van der Waals surface area (Å²) in [7, 11) is 0. The molecule has 0 bridgehead atoms. The topological polar surface area (TPSA) is 212 Å². The standard InChI is InChI=1S/2C50H64N6O2/c2*1-5-9-13-17-33-55(34-18-14-10-6-2)49-43(37-51)45-41(23-21-39-25-29-53-30-26-39)48-46(42(47(45)57-49)24-22-40-27-31-54-32-28-40)44(38-52)50(58-48)56(35-19-15-11-7-3)36-20-16-12-8-4/h2*21-32H,5-20,33-36H2,1-4H3/b2*23-21+,24-22+. The molecule has 0 saturated carbocycles. The maximum atomic E-state index is 11.1. The predicted octanol–water partition coefficient (Wildman–Crippen LogP) is 28.0. The summed E-state index contributed by atoms with van der Waals surface area (Å²) < 4.78 is 28.3. The second-order valence-electron chi connectivity index (χ2n) is 30.9.